The number of ether oxygens (including phenoxy) is 1. The number of esters is 1. The summed E-state index contributed by atoms with van der Waals surface area (Å²) in [5.74, 6) is 0.343. The van der Waals surface area contributed by atoms with Gasteiger partial charge >= 0.3 is 5.97 Å². The summed E-state index contributed by atoms with van der Waals surface area (Å²) in [4.78, 5) is 11.6. The van der Waals surface area contributed by atoms with Crippen LogP contribution in [0.2, 0.25) is 0 Å². The number of carbonyl (C=O) groups excluding carboxylic acids is 1. The summed E-state index contributed by atoms with van der Waals surface area (Å²) in [6, 6.07) is 23.4. The molecule has 1 aliphatic rings. The average Bonchev–Trinajstić information content (AvgIpc) is 2.97. The topological polar surface area (TPSA) is 26.3 Å². The van der Waals surface area contributed by atoms with Crippen molar-refractivity contribution in [1.29, 1.82) is 0 Å². The second-order valence-corrected chi connectivity index (χ2v) is 6.93. The monoisotopic (exact) mass is 334 g/mol. The second-order valence-electron chi connectivity index (χ2n) is 6.93. The highest BCUT2D eigenvalue weighted by Crippen LogP contribution is 2.52. The Kier molecular flexibility index (Phi) is 2.46. The lowest BCUT2D eigenvalue weighted by Crippen LogP contribution is -2.02. The summed E-state index contributed by atoms with van der Waals surface area (Å²) < 4.78 is 5.57. The van der Waals surface area contributed by atoms with Crippen LogP contribution >= 0.6 is 0 Å². The smallest absolute Gasteiger partial charge is 0.308 e. The summed E-state index contributed by atoms with van der Waals surface area (Å²) in [5, 5.41) is 7.02. The predicted molar refractivity (Wildman–Crippen MR) is 106 cm³/mol. The van der Waals surface area contributed by atoms with Crippen LogP contribution in [0.1, 0.15) is 6.92 Å². The first-order valence-electron chi connectivity index (χ1n) is 8.75. The molecule has 1 aliphatic carbocycles. The van der Waals surface area contributed by atoms with Gasteiger partial charge < -0.3 is 4.74 Å². The molecule has 0 spiro atoms. The summed E-state index contributed by atoms with van der Waals surface area (Å²) in [7, 11) is 0. The molecule has 0 atom stereocenters. The number of hydrogen-bond donors (Lipinski definition) is 0. The van der Waals surface area contributed by atoms with Gasteiger partial charge in [0, 0.05) is 17.7 Å². The largest absolute Gasteiger partial charge is 0.426 e. The molecule has 122 valence electrons. The van der Waals surface area contributed by atoms with Crippen LogP contribution in [-0.4, -0.2) is 5.97 Å². The van der Waals surface area contributed by atoms with Gasteiger partial charge in [-0.15, -0.1) is 0 Å². The highest BCUT2D eigenvalue weighted by molar-refractivity contribution is 6.32. The quantitative estimate of drug-likeness (QED) is 0.205. The van der Waals surface area contributed by atoms with Gasteiger partial charge in [-0.05, 0) is 62.0 Å². The Labute approximate surface area is 150 Å². The molecular weight excluding hydrogens is 320 g/mol. The molecule has 2 nitrogen and oxygen atoms in total. The van der Waals surface area contributed by atoms with Crippen LogP contribution in [0.3, 0.4) is 0 Å². The third-order valence-electron chi connectivity index (χ3n) is 5.47. The van der Waals surface area contributed by atoms with E-state index < -0.39 is 0 Å². The van der Waals surface area contributed by atoms with Gasteiger partial charge in [0.05, 0.1) is 0 Å². The van der Waals surface area contributed by atoms with Crippen molar-refractivity contribution in [2.24, 2.45) is 0 Å². The van der Waals surface area contributed by atoms with Crippen molar-refractivity contribution in [3.05, 3.63) is 66.7 Å². The second kappa shape index (κ2) is 4.61. The van der Waals surface area contributed by atoms with Gasteiger partial charge in [0.1, 0.15) is 5.75 Å². The number of hydrogen-bond acceptors (Lipinski definition) is 2. The minimum absolute atomic E-state index is 0.293. The minimum Gasteiger partial charge on any atom is -0.426 e. The lowest BCUT2D eigenvalue weighted by Gasteiger charge is -2.15. The third kappa shape index (κ3) is 1.59. The molecule has 5 aromatic carbocycles. The van der Waals surface area contributed by atoms with E-state index in [0.29, 0.717) is 5.75 Å². The minimum atomic E-state index is -0.293. The van der Waals surface area contributed by atoms with Crippen LogP contribution < -0.4 is 4.74 Å². The molecule has 0 heterocycles. The summed E-state index contributed by atoms with van der Waals surface area (Å²) in [5.41, 5.74) is 5.07. The van der Waals surface area contributed by atoms with Crippen LogP contribution in [-0.2, 0) is 4.79 Å². The highest BCUT2D eigenvalue weighted by atomic mass is 16.5. The van der Waals surface area contributed by atoms with E-state index in [-0.39, 0.29) is 5.97 Å². The van der Waals surface area contributed by atoms with Gasteiger partial charge in [0.2, 0.25) is 0 Å². The standard InChI is InChI=1S/C24H14O2/c1-13(25)26-21-12-15-6-4-5-14-11-20-17-8-3-2-7-16(17)18-9-10-19(21)24(22(14)15)23(18)20/h2-12H,1H3. The molecule has 0 fully saturated rings. The number of carbonyl (C=O) groups is 1. The Morgan fingerprint density at radius 3 is 2.19 bits per heavy atom. The SMILES string of the molecule is CC(=O)Oc1cc2cccc3cc4c5c(ccc1c5c23)-c1ccccc1-4. The highest BCUT2D eigenvalue weighted by Gasteiger charge is 2.25. The Balaban J connectivity index is 1.91. The molecule has 5 aromatic rings. The predicted octanol–water partition coefficient (Wildman–Crippen LogP) is 6.16. The van der Waals surface area contributed by atoms with Crippen LogP contribution in [0.5, 0.6) is 5.75 Å². The van der Waals surface area contributed by atoms with Crippen molar-refractivity contribution in [2.75, 3.05) is 0 Å². The average molecular weight is 334 g/mol. The van der Waals surface area contributed by atoms with Crippen molar-refractivity contribution >= 4 is 38.3 Å². The lowest BCUT2D eigenvalue weighted by molar-refractivity contribution is -0.131. The molecule has 0 N–H and O–H groups in total. The van der Waals surface area contributed by atoms with E-state index in [1.165, 1.54) is 50.7 Å². The Morgan fingerprint density at radius 1 is 0.692 bits per heavy atom. The van der Waals surface area contributed by atoms with Gasteiger partial charge in [-0.1, -0.05) is 48.5 Å². The number of benzene rings is 5. The fourth-order valence-electron chi connectivity index (χ4n) is 4.54. The van der Waals surface area contributed by atoms with Crippen molar-refractivity contribution in [2.45, 2.75) is 6.92 Å². The first-order valence-corrected chi connectivity index (χ1v) is 8.75. The molecule has 6 rings (SSSR count). The zero-order chi connectivity index (χ0) is 17.4. The number of fused-ring (bicyclic) bond motifs is 3. The first kappa shape index (κ1) is 13.9. The molecule has 0 saturated carbocycles. The van der Waals surface area contributed by atoms with Gasteiger partial charge in [-0.25, -0.2) is 0 Å². The Morgan fingerprint density at radius 2 is 1.42 bits per heavy atom. The van der Waals surface area contributed by atoms with E-state index in [2.05, 4.69) is 60.7 Å². The van der Waals surface area contributed by atoms with Gasteiger partial charge in [0.25, 0.3) is 0 Å². The molecule has 0 unspecified atom stereocenters. The first-order chi connectivity index (χ1) is 12.7. The van der Waals surface area contributed by atoms with Crippen LogP contribution in [0.25, 0.3) is 54.6 Å². The van der Waals surface area contributed by atoms with E-state index in [4.69, 9.17) is 4.74 Å². The third-order valence-corrected chi connectivity index (χ3v) is 5.47. The molecule has 0 aliphatic heterocycles. The van der Waals surface area contributed by atoms with E-state index >= 15 is 0 Å². The molecule has 2 heteroatoms. The molecule has 0 aromatic heterocycles. The normalized spacial score (nSPS) is 12.2. The lowest BCUT2D eigenvalue weighted by atomic mass is 9.90. The van der Waals surface area contributed by atoms with Crippen LogP contribution in [0, 0.1) is 0 Å². The molecule has 0 saturated heterocycles. The fourth-order valence-corrected chi connectivity index (χ4v) is 4.54. The van der Waals surface area contributed by atoms with E-state index in [0.717, 1.165) is 10.8 Å². The number of rotatable bonds is 1. The van der Waals surface area contributed by atoms with Crippen molar-refractivity contribution in [3.63, 3.8) is 0 Å². The molecule has 26 heavy (non-hydrogen) atoms. The fraction of sp³-hybridized carbons (Fsp3) is 0.0417. The van der Waals surface area contributed by atoms with E-state index in [9.17, 15) is 4.79 Å². The maximum absolute atomic E-state index is 11.6. The summed E-state index contributed by atoms with van der Waals surface area (Å²) in [6.07, 6.45) is 0. The zero-order valence-electron chi connectivity index (χ0n) is 14.2. The molecule has 0 radical (unpaired) electrons. The summed E-state index contributed by atoms with van der Waals surface area (Å²) >= 11 is 0. The van der Waals surface area contributed by atoms with Gasteiger partial charge in [-0.3, -0.25) is 4.79 Å². The Bertz CT molecular complexity index is 1380. The molecule has 0 bridgehead atoms. The van der Waals surface area contributed by atoms with Crippen molar-refractivity contribution in [1.82, 2.24) is 0 Å². The zero-order valence-corrected chi connectivity index (χ0v) is 14.2. The van der Waals surface area contributed by atoms with E-state index in [1.54, 1.807) is 0 Å². The van der Waals surface area contributed by atoms with E-state index in [1.807, 2.05) is 6.07 Å². The van der Waals surface area contributed by atoms with Crippen molar-refractivity contribution < 1.29 is 9.53 Å². The summed E-state index contributed by atoms with van der Waals surface area (Å²) in [6.45, 7) is 1.45. The van der Waals surface area contributed by atoms with Crippen LogP contribution in [0.15, 0.2) is 66.7 Å². The van der Waals surface area contributed by atoms with Crippen molar-refractivity contribution in [3.8, 4) is 28.0 Å². The van der Waals surface area contributed by atoms with Crippen LogP contribution in [0.4, 0.5) is 0 Å². The maximum Gasteiger partial charge on any atom is 0.308 e. The van der Waals surface area contributed by atoms with Gasteiger partial charge in [-0.2, -0.15) is 0 Å². The maximum atomic E-state index is 11.6. The molecular formula is C24H14O2. The Hall–Kier alpha value is -3.39. The molecule has 0 amide bonds. The van der Waals surface area contributed by atoms with Gasteiger partial charge in [0.15, 0.2) is 0 Å².